The number of piperidine rings is 1. The van der Waals surface area contributed by atoms with Crippen LogP contribution < -0.4 is 0 Å². The van der Waals surface area contributed by atoms with Crippen LogP contribution in [0.25, 0.3) is 0 Å². The predicted molar refractivity (Wildman–Crippen MR) is 103 cm³/mol. The van der Waals surface area contributed by atoms with Crippen molar-refractivity contribution >= 4 is 11.9 Å². The van der Waals surface area contributed by atoms with Crippen molar-refractivity contribution in [1.29, 1.82) is 0 Å². The number of aromatic nitrogens is 1. The standard InChI is InChI=1S/C22H26N2O3/c1-3-27-21(26)22(15-19-8-5-4-7-17(19)2)11-6-14-24(16-22)20(25)18-9-12-23-13-10-18/h4-5,7-10,12-13H,3,6,11,14-16H2,1-2H3/t22-/m0/s1. The molecule has 0 N–H and O–H groups in total. The second-order valence-electron chi connectivity index (χ2n) is 7.17. The first kappa shape index (κ1) is 19.1. The molecule has 0 radical (unpaired) electrons. The number of rotatable bonds is 5. The van der Waals surface area contributed by atoms with Crippen molar-refractivity contribution in [3.8, 4) is 0 Å². The van der Waals surface area contributed by atoms with Gasteiger partial charge in [0.05, 0.1) is 12.0 Å². The third kappa shape index (κ3) is 4.18. The van der Waals surface area contributed by atoms with E-state index in [-0.39, 0.29) is 11.9 Å². The fraction of sp³-hybridized carbons (Fsp3) is 0.409. The molecule has 5 nitrogen and oxygen atoms in total. The van der Waals surface area contributed by atoms with Crippen LogP contribution >= 0.6 is 0 Å². The molecule has 0 aliphatic carbocycles. The summed E-state index contributed by atoms with van der Waals surface area (Å²) in [5, 5.41) is 0. The summed E-state index contributed by atoms with van der Waals surface area (Å²) in [5.41, 5.74) is 2.17. The second kappa shape index (κ2) is 8.33. The number of hydrogen-bond acceptors (Lipinski definition) is 4. The van der Waals surface area contributed by atoms with Gasteiger partial charge in [-0.2, -0.15) is 0 Å². The lowest BCUT2D eigenvalue weighted by molar-refractivity contribution is -0.158. The summed E-state index contributed by atoms with van der Waals surface area (Å²) in [7, 11) is 0. The minimum atomic E-state index is -0.705. The van der Waals surface area contributed by atoms with Gasteiger partial charge in [0.15, 0.2) is 0 Å². The van der Waals surface area contributed by atoms with Crippen LogP contribution in [-0.2, 0) is 16.0 Å². The Balaban J connectivity index is 1.89. The van der Waals surface area contributed by atoms with Crippen molar-refractivity contribution in [2.45, 2.75) is 33.1 Å². The molecule has 27 heavy (non-hydrogen) atoms. The van der Waals surface area contributed by atoms with Crippen LogP contribution in [-0.4, -0.2) is 41.5 Å². The van der Waals surface area contributed by atoms with Crippen molar-refractivity contribution in [3.63, 3.8) is 0 Å². The van der Waals surface area contributed by atoms with Gasteiger partial charge in [0.25, 0.3) is 5.91 Å². The second-order valence-corrected chi connectivity index (χ2v) is 7.17. The zero-order valence-corrected chi connectivity index (χ0v) is 16.0. The number of pyridine rings is 1. The normalized spacial score (nSPS) is 19.6. The molecule has 1 fully saturated rings. The molecule has 1 aliphatic heterocycles. The summed E-state index contributed by atoms with van der Waals surface area (Å²) in [6.07, 6.45) is 5.31. The Morgan fingerprint density at radius 1 is 1.19 bits per heavy atom. The van der Waals surface area contributed by atoms with E-state index in [1.807, 2.05) is 19.1 Å². The fourth-order valence-electron chi connectivity index (χ4n) is 3.82. The van der Waals surface area contributed by atoms with Crippen LogP contribution in [0.3, 0.4) is 0 Å². The molecular formula is C22H26N2O3. The van der Waals surface area contributed by atoms with Crippen LogP contribution in [0, 0.1) is 12.3 Å². The maximum Gasteiger partial charge on any atom is 0.314 e. The molecule has 5 heteroatoms. The third-order valence-electron chi connectivity index (χ3n) is 5.29. The average Bonchev–Trinajstić information content (AvgIpc) is 2.70. The van der Waals surface area contributed by atoms with Crippen molar-refractivity contribution in [2.24, 2.45) is 5.41 Å². The van der Waals surface area contributed by atoms with Crippen molar-refractivity contribution in [2.75, 3.05) is 19.7 Å². The van der Waals surface area contributed by atoms with Gasteiger partial charge in [0, 0.05) is 31.0 Å². The summed E-state index contributed by atoms with van der Waals surface area (Å²) in [6, 6.07) is 11.5. The molecule has 2 heterocycles. The quantitative estimate of drug-likeness (QED) is 0.761. The maximum atomic E-state index is 13.0. The number of hydrogen-bond donors (Lipinski definition) is 0. The first-order chi connectivity index (χ1) is 13.1. The summed E-state index contributed by atoms with van der Waals surface area (Å²) in [6.45, 7) is 5.24. The molecule has 0 bridgehead atoms. The molecule has 1 amide bonds. The zero-order valence-electron chi connectivity index (χ0n) is 16.0. The van der Waals surface area contributed by atoms with Gasteiger partial charge in [-0.15, -0.1) is 0 Å². The van der Waals surface area contributed by atoms with Crippen LogP contribution in [0.5, 0.6) is 0 Å². The third-order valence-corrected chi connectivity index (χ3v) is 5.29. The summed E-state index contributed by atoms with van der Waals surface area (Å²) in [4.78, 5) is 31.7. The lowest BCUT2D eigenvalue weighted by Crippen LogP contribution is -2.51. The van der Waals surface area contributed by atoms with Crippen molar-refractivity contribution in [1.82, 2.24) is 9.88 Å². The van der Waals surface area contributed by atoms with E-state index in [2.05, 4.69) is 24.0 Å². The van der Waals surface area contributed by atoms with Gasteiger partial charge in [-0.1, -0.05) is 24.3 Å². The van der Waals surface area contributed by atoms with E-state index in [1.165, 1.54) is 0 Å². The van der Waals surface area contributed by atoms with Crippen molar-refractivity contribution < 1.29 is 14.3 Å². The molecule has 1 aromatic heterocycles. The Kier molecular flexibility index (Phi) is 5.89. The lowest BCUT2D eigenvalue weighted by Gasteiger charge is -2.41. The van der Waals surface area contributed by atoms with E-state index in [9.17, 15) is 9.59 Å². The number of esters is 1. The summed E-state index contributed by atoms with van der Waals surface area (Å²) in [5.74, 6) is -0.268. The SMILES string of the molecule is CCOC(=O)[C@]1(Cc2ccccc2C)CCCN(C(=O)c2ccncc2)C1. The Hall–Kier alpha value is -2.69. The molecule has 1 atom stereocenters. The Morgan fingerprint density at radius 3 is 2.63 bits per heavy atom. The highest BCUT2D eigenvalue weighted by Crippen LogP contribution is 2.36. The van der Waals surface area contributed by atoms with E-state index < -0.39 is 5.41 Å². The van der Waals surface area contributed by atoms with E-state index in [0.29, 0.717) is 31.7 Å². The molecule has 3 rings (SSSR count). The van der Waals surface area contributed by atoms with Gasteiger partial charge in [-0.3, -0.25) is 14.6 Å². The summed E-state index contributed by atoms with van der Waals surface area (Å²) < 4.78 is 5.44. The average molecular weight is 366 g/mol. The number of aryl methyl sites for hydroxylation is 1. The fourth-order valence-corrected chi connectivity index (χ4v) is 3.82. The molecule has 1 aliphatic rings. The number of nitrogens with zero attached hydrogens (tertiary/aromatic N) is 2. The molecule has 1 aromatic carbocycles. The molecule has 1 saturated heterocycles. The van der Waals surface area contributed by atoms with Gasteiger partial charge in [-0.05, 0) is 56.4 Å². The highest BCUT2D eigenvalue weighted by atomic mass is 16.5. The van der Waals surface area contributed by atoms with Crippen LogP contribution in [0.2, 0.25) is 0 Å². The predicted octanol–water partition coefficient (Wildman–Crippen LogP) is 3.42. The van der Waals surface area contributed by atoms with E-state index in [4.69, 9.17) is 4.74 Å². The first-order valence-corrected chi connectivity index (χ1v) is 9.47. The summed E-state index contributed by atoms with van der Waals surface area (Å²) >= 11 is 0. The topological polar surface area (TPSA) is 59.5 Å². The van der Waals surface area contributed by atoms with Gasteiger partial charge < -0.3 is 9.64 Å². The van der Waals surface area contributed by atoms with Crippen LogP contribution in [0.1, 0.15) is 41.3 Å². The minimum Gasteiger partial charge on any atom is -0.466 e. The van der Waals surface area contributed by atoms with Gasteiger partial charge in [-0.25, -0.2) is 0 Å². The van der Waals surface area contributed by atoms with Gasteiger partial charge >= 0.3 is 5.97 Å². The molecule has 0 spiro atoms. The maximum absolute atomic E-state index is 13.0. The number of benzene rings is 1. The van der Waals surface area contributed by atoms with Gasteiger partial charge in [0.2, 0.25) is 0 Å². The molecule has 142 valence electrons. The molecular weight excluding hydrogens is 340 g/mol. The number of ether oxygens (including phenoxy) is 1. The van der Waals surface area contributed by atoms with Gasteiger partial charge in [0.1, 0.15) is 0 Å². The Bertz CT molecular complexity index is 806. The smallest absolute Gasteiger partial charge is 0.314 e. The van der Waals surface area contributed by atoms with Crippen molar-refractivity contribution in [3.05, 3.63) is 65.5 Å². The number of carbonyl (C=O) groups is 2. The first-order valence-electron chi connectivity index (χ1n) is 9.47. The highest BCUT2D eigenvalue weighted by molar-refractivity contribution is 5.94. The Morgan fingerprint density at radius 2 is 1.93 bits per heavy atom. The monoisotopic (exact) mass is 366 g/mol. The lowest BCUT2D eigenvalue weighted by atomic mass is 9.74. The van der Waals surface area contributed by atoms with E-state index >= 15 is 0 Å². The number of amides is 1. The van der Waals surface area contributed by atoms with Crippen LogP contribution in [0.4, 0.5) is 0 Å². The minimum absolute atomic E-state index is 0.0597. The number of likely N-dealkylation sites (tertiary alicyclic amines) is 1. The molecule has 2 aromatic rings. The zero-order chi connectivity index (χ0) is 19.3. The molecule has 0 saturated carbocycles. The Labute approximate surface area is 160 Å². The number of carbonyl (C=O) groups excluding carboxylic acids is 2. The van der Waals surface area contributed by atoms with E-state index in [1.54, 1.807) is 29.4 Å². The van der Waals surface area contributed by atoms with Crippen LogP contribution in [0.15, 0.2) is 48.8 Å². The van der Waals surface area contributed by atoms with E-state index in [0.717, 1.165) is 24.0 Å². The highest BCUT2D eigenvalue weighted by Gasteiger charge is 2.45. The largest absolute Gasteiger partial charge is 0.466 e. The molecule has 0 unspecified atom stereocenters.